The predicted molar refractivity (Wildman–Crippen MR) is 28.9 cm³/mol. The second kappa shape index (κ2) is 3.83. The van der Waals surface area contributed by atoms with Gasteiger partial charge in [0.1, 0.15) is 0 Å². The Hall–Kier alpha value is -0.120. The molecular weight excluding hydrogens is 108 g/mol. The number of hydrogen-bond donors (Lipinski definition) is 1. The second-order valence-corrected chi connectivity index (χ2v) is 1.90. The number of aliphatic hydroxyl groups is 1. The first-order chi connectivity index (χ1) is 3.68. The van der Waals surface area contributed by atoms with Crippen LogP contribution in [0.3, 0.4) is 0 Å². The first-order valence-corrected chi connectivity index (χ1v) is 2.56. The first-order valence-electron chi connectivity index (χ1n) is 2.56. The van der Waals surface area contributed by atoms with Gasteiger partial charge in [0.15, 0.2) is 6.29 Å². The van der Waals surface area contributed by atoms with Gasteiger partial charge in [-0.15, -0.1) is 0 Å². The monoisotopic (exact) mass is 120 g/mol. The van der Waals surface area contributed by atoms with Crippen LogP contribution in [0.15, 0.2) is 0 Å². The van der Waals surface area contributed by atoms with Crippen LogP contribution < -0.4 is 0 Å². The quantitative estimate of drug-likeness (QED) is 0.335. The average Bonchev–Trinajstić information content (AvgIpc) is 1.67. The van der Waals surface area contributed by atoms with Gasteiger partial charge in [0, 0.05) is 5.92 Å². The van der Waals surface area contributed by atoms with Crippen molar-refractivity contribution >= 4 is 0 Å². The molecule has 0 amide bonds. The molecule has 0 saturated carbocycles. The van der Waals surface area contributed by atoms with Gasteiger partial charge in [0.2, 0.25) is 0 Å². The van der Waals surface area contributed by atoms with Crippen molar-refractivity contribution in [3.05, 3.63) is 0 Å². The van der Waals surface area contributed by atoms with Crippen LogP contribution in [0.4, 0.5) is 0 Å². The Kier molecular flexibility index (Phi) is 3.77. The molecule has 0 fully saturated rings. The molecule has 0 spiro atoms. The zero-order chi connectivity index (χ0) is 6.57. The van der Waals surface area contributed by atoms with E-state index in [2.05, 4.69) is 9.78 Å². The lowest BCUT2D eigenvalue weighted by Crippen LogP contribution is -2.17. The molecule has 0 bridgehead atoms. The number of hydrogen-bond acceptors (Lipinski definition) is 3. The summed E-state index contributed by atoms with van der Waals surface area (Å²) in [5.41, 5.74) is 0. The molecule has 3 nitrogen and oxygen atoms in total. The molecule has 1 unspecified atom stereocenters. The molecule has 0 aromatic heterocycles. The van der Waals surface area contributed by atoms with Crippen LogP contribution in [-0.2, 0) is 9.78 Å². The molecule has 1 atom stereocenters. The van der Waals surface area contributed by atoms with Crippen LogP contribution in [0.1, 0.15) is 13.8 Å². The smallest absolute Gasteiger partial charge is 0.190 e. The van der Waals surface area contributed by atoms with E-state index in [1.54, 1.807) is 0 Å². The summed E-state index contributed by atoms with van der Waals surface area (Å²) in [6.45, 7) is 3.67. The third-order valence-electron chi connectivity index (χ3n) is 0.765. The molecule has 0 heterocycles. The van der Waals surface area contributed by atoms with Gasteiger partial charge in [-0.1, -0.05) is 13.8 Å². The fraction of sp³-hybridized carbons (Fsp3) is 1.00. The van der Waals surface area contributed by atoms with Crippen LogP contribution in [0.5, 0.6) is 0 Å². The van der Waals surface area contributed by atoms with E-state index < -0.39 is 6.29 Å². The highest BCUT2D eigenvalue weighted by molar-refractivity contribution is 4.42. The molecular formula is C5H12O3. The van der Waals surface area contributed by atoms with E-state index in [9.17, 15) is 0 Å². The second-order valence-electron chi connectivity index (χ2n) is 1.90. The number of aliphatic hydroxyl groups excluding tert-OH is 1. The minimum atomic E-state index is -0.806. The van der Waals surface area contributed by atoms with E-state index in [0.717, 1.165) is 0 Å². The van der Waals surface area contributed by atoms with E-state index in [-0.39, 0.29) is 5.92 Å². The minimum Gasteiger partial charge on any atom is -0.365 e. The predicted octanol–water partition coefficient (Wildman–Crippen LogP) is 0.539. The highest BCUT2D eigenvalue weighted by Gasteiger charge is 2.07. The molecule has 0 aliphatic rings. The Morgan fingerprint density at radius 1 is 1.38 bits per heavy atom. The summed E-state index contributed by atoms with van der Waals surface area (Å²) in [4.78, 5) is 8.57. The van der Waals surface area contributed by atoms with Gasteiger partial charge in [-0.25, -0.2) is 9.78 Å². The molecule has 8 heavy (non-hydrogen) atoms. The third kappa shape index (κ3) is 2.96. The zero-order valence-electron chi connectivity index (χ0n) is 5.42. The van der Waals surface area contributed by atoms with Crippen LogP contribution in [0.2, 0.25) is 0 Å². The topological polar surface area (TPSA) is 38.7 Å². The van der Waals surface area contributed by atoms with Gasteiger partial charge in [0.25, 0.3) is 0 Å². The fourth-order valence-electron chi connectivity index (χ4n) is 0.210. The molecule has 0 aromatic carbocycles. The third-order valence-corrected chi connectivity index (χ3v) is 0.765. The highest BCUT2D eigenvalue weighted by Crippen LogP contribution is 2.01. The maximum atomic E-state index is 8.78. The fourth-order valence-corrected chi connectivity index (χ4v) is 0.210. The van der Waals surface area contributed by atoms with E-state index in [0.29, 0.717) is 0 Å². The van der Waals surface area contributed by atoms with E-state index >= 15 is 0 Å². The lowest BCUT2D eigenvalue weighted by Gasteiger charge is -2.10. The molecule has 3 heteroatoms. The van der Waals surface area contributed by atoms with Crippen molar-refractivity contribution in [3.8, 4) is 0 Å². The Morgan fingerprint density at radius 2 is 1.88 bits per heavy atom. The van der Waals surface area contributed by atoms with Gasteiger partial charge in [-0.3, -0.25) is 0 Å². The maximum absolute atomic E-state index is 8.78. The van der Waals surface area contributed by atoms with Crippen molar-refractivity contribution in [1.82, 2.24) is 0 Å². The molecule has 0 saturated heterocycles. The summed E-state index contributed by atoms with van der Waals surface area (Å²) in [7, 11) is 1.37. The first kappa shape index (κ1) is 7.88. The average molecular weight is 120 g/mol. The Bertz CT molecular complexity index is 53.6. The summed E-state index contributed by atoms with van der Waals surface area (Å²) in [6, 6.07) is 0. The largest absolute Gasteiger partial charge is 0.365 e. The normalized spacial score (nSPS) is 14.6. The van der Waals surface area contributed by atoms with Crippen molar-refractivity contribution in [2.45, 2.75) is 20.1 Å². The van der Waals surface area contributed by atoms with Gasteiger partial charge < -0.3 is 5.11 Å². The van der Waals surface area contributed by atoms with Crippen molar-refractivity contribution < 1.29 is 14.9 Å². The van der Waals surface area contributed by atoms with Gasteiger partial charge in [-0.05, 0) is 0 Å². The SMILES string of the molecule is COOC(O)C(C)C. The Labute approximate surface area is 49.1 Å². The van der Waals surface area contributed by atoms with E-state index in [1.807, 2.05) is 13.8 Å². The maximum Gasteiger partial charge on any atom is 0.190 e. The standard InChI is InChI=1S/C5H12O3/c1-4(2)5(6)8-7-3/h4-6H,1-3H3. The molecule has 0 aliphatic heterocycles. The Morgan fingerprint density at radius 3 is 2.00 bits per heavy atom. The summed E-state index contributed by atoms with van der Waals surface area (Å²) < 4.78 is 0. The molecule has 0 rings (SSSR count). The lowest BCUT2D eigenvalue weighted by atomic mass is 10.2. The summed E-state index contributed by atoms with van der Waals surface area (Å²) in [5, 5.41) is 8.78. The lowest BCUT2D eigenvalue weighted by molar-refractivity contribution is -0.363. The molecule has 50 valence electrons. The summed E-state index contributed by atoms with van der Waals surface area (Å²) in [6.07, 6.45) is -0.806. The molecule has 0 aliphatic carbocycles. The van der Waals surface area contributed by atoms with Crippen LogP contribution in [0.25, 0.3) is 0 Å². The van der Waals surface area contributed by atoms with Gasteiger partial charge >= 0.3 is 0 Å². The van der Waals surface area contributed by atoms with Crippen LogP contribution in [-0.4, -0.2) is 18.5 Å². The summed E-state index contributed by atoms with van der Waals surface area (Å²) in [5.74, 6) is 0.0787. The van der Waals surface area contributed by atoms with Crippen LogP contribution in [0, 0.1) is 5.92 Å². The summed E-state index contributed by atoms with van der Waals surface area (Å²) >= 11 is 0. The van der Waals surface area contributed by atoms with Crippen molar-refractivity contribution in [2.75, 3.05) is 7.11 Å². The van der Waals surface area contributed by atoms with Gasteiger partial charge in [-0.2, -0.15) is 0 Å². The highest BCUT2D eigenvalue weighted by atomic mass is 17.2. The van der Waals surface area contributed by atoms with Crippen molar-refractivity contribution in [2.24, 2.45) is 5.92 Å². The molecule has 1 N–H and O–H groups in total. The van der Waals surface area contributed by atoms with Crippen LogP contribution >= 0.6 is 0 Å². The minimum absolute atomic E-state index is 0.0787. The van der Waals surface area contributed by atoms with E-state index in [1.165, 1.54) is 7.11 Å². The Balaban J connectivity index is 3.17. The van der Waals surface area contributed by atoms with E-state index in [4.69, 9.17) is 5.11 Å². The zero-order valence-corrected chi connectivity index (χ0v) is 5.42. The molecule has 0 radical (unpaired) electrons. The van der Waals surface area contributed by atoms with Crippen molar-refractivity contribution in [3.63, 3.8) is 0 Å². The van der Waals surface area contributed by atoms with Crippen molar-refractivity contribution in [1.29, 1.82) is 0 Å². The molecule has 0 aromatic rings. The number of rotatable bonds is 3. The van der Waals surface area contributed by atoms with Gasteiger partial charge in [0.05, 0.1) is 7.11 Å².